The molecule has 17 heavy (non-hydrogen) atoms. The quantitative estimate of drug-likeness (QED) is 0.869. The minimum atomic E-state index is 0.813. The molecule has 0 aliphatic heterocycles. The lowest BCUT2D eigenvalue weighted by molar-refractivity contribution is 0.693. The molecule has 0 atom stereocenters. The molecule has 0 spiro atoms. The Kier molecular flexibility index (Phi) is 4.21. The Morgan fingerprint density at radius 1 is 1.12 bits per heavy atom. The highest BCUT2D eigenvalue weighted by Crippen LogP contribution is 2.20. The predicted octanol–water partition coefficient (Wildman–Crippen LogP) is 4.31. The van der Waals surface area contributed by atoms with Gasteiger partial charge in [0.1, 0.15) is 0 Å². The van der Waals surface area contributed by atoms with Crippen molar-refractivity contribution in [1.29, 1.82) is 0 Å². The number of thiophene rings is 1. The van der Waals surface area contributed by atoms with Crippen LogP contribution in [-0.2, 0) is 13.1 Å². The molecule has 1 aromatic carbocycles. The van der Waals surface area contributed by atoms with Crippen molar-refractivity contribution < 1.29 is 0 Å². The van der Waals surface area contributed by atoms with Gasteiger partial charge in [-0.1, -0.05) is 29.8 Å². The van der Waals surface area contributed by atoms with E-state index in [0.717, 1.165) is 23.7 Å². The van der Waals surface area contributed by atoms with E-state index >= 15 is 0 Å². The molecule has 3 heteroatoms. The van der Waals surface area contributed by atoms with Crippen molar-refractivity contribution in [3.8, 4) is 0 Å². The molecule has 2 rings (SSSR count). The Hall–Kier alpha value is -0.830. The van der Waals surface area contributed by atoms with Gasteiger partial charge in [0.15, 0.2) is 0 Å². The van der Waals surface area contributed by atoms with Crippen LogP contribution in [0.3, 0.4) is 0 Å². The highest BCUT2D eigenvalue weighted by atomic mass is 35.5. The Labute approximate surface area is 111 Å². The molecule has 0 radical (unpaired) electrons. The second kappa shape index (κ2) is 5.67. The van der Waals surface area contributed by atoms with Gasteiger partial charge in [0.05, 0.1) is 0 Å². The summed E-state index contributed by atoms with van der Waals surface area (Å²) < 4.78 is 0. The Morgan fingerprint density at radius 2 is 1.82 bits per heavy atom. The van der Waals surface area contributed by atoms with Crippen molar-refractivity contribution in [2.45, 2.75) is 26.9 Å². The first-order valence-corrected chi connectivity index (χ1v) is 6.86. The Bertz CT molecular complexity index is 505. The summed E-state index contributed by atoms with van der Waals surface area (Å²) in [5.41, 5.74) is 2.54. The molecule has 0 unspecified atom stereocenters. The smallest absolute Gasteiger partial charge is 0.0450 e. The lowest BCUT2D eigenvalue weighted by Crippen LogP contribution is -2.12. The third kappa shape index (κ3) is 3.32. The van der Waals surface area contributed by atoms with Crippen LogP contribution in [0.15, 0.2) is 30.3 Å². The van der Waals surface area contributed by atoms with E-state index < -0.39 is 0 Å². The lowest BCUT2D eigenvalue weighted by Gasteiger charge is -2.06. The van der Waals surface area contributed by atoms with Gasteiger partial charge in [-0.05, 0) is 37.1 Å². The van der Waals surface area contributed by atoms with Gasteiger partial charge in [0.2, 0.25) is 0 Å². The largest absolute Gasteiger partial charge is 0.309 e. The van der Waals surface area contributed by atoms with Crippen molar-refractivity contribution in [3.63, 3.8) is 0 Å². The van der Waals surface area contributed by atoms with E-state index in [1.54, 1.807) is 0 Å². The molecule has 1 N–H and O–H groups in total. The highest BCUT2D eigenvalue weighted by Gasteiger charge is 2.03. The number of hydrogen-bond donors (Lipinski definition) is 1. The molecular weight excluding hydrogens is 250 g/mol. The van der Waals surface area contributed by atoms with Crippen LogP contribution < -0.4 is 5.32 Å². The van der Waals surface area contributed by atoms with E-state index in [9.17, 15) is 0 Å². The number of hydrogen-bond acceptors (Lipinski definition) is 2. The molecule has 1 nitrogen and oxygen atoms in total. The third-order valence-corrected chi connectivity index (χ3v) is 4.11. The lowest BCUT2D eigenvalue weighted by atomic mass is 10.2. The van der Waals surface area contributed by atoms with Gasteiger partial charge in [0.25, 0.3) is 0 Å². The minimum absolute atomic E-state index is 0.813. The fourth-order valence-electron chi connectivity index (χ4n) is 1.83. The summed E-state index contributed by atoms with van der Waals surface area (Å²) in [6.45, 7) is 6.04. The van der Waals surface area contributed by atoms with Gasteiger partial charge in [-0.2, -0.15) is 0 Å². The molecule has 0 aliphatic rings. The zero-order chi connectivity index (χ0) is 12.3. The molecule has 0 saturated heterocycles. The maximum atomic E-state index is 6.10. The number of rotatable bonds is 4. The standard InChI is InChI=1S/C14H16ClNS/c1-10-7-13(11(2)17-10)9-16-8-12-5-3-4-6-14(12)15/h3-7,16H,8-9H2,1-2H3. The summed E-state index contributed by atoms with van der Waals surface area (Å²) >= 11 is 7.96. The van der Waals surface area contributed by atoms with Crippen LogP contribution >= 0.6 is 22.9 Å². The first kappa shape index (κ1) is 12.6. The minimum Gasteiger partial charge on any atom is -0.309 e. The zero-order valence-electron chi connectivity index (χ0n) is 10.1. The van der Waals surface area contributed by atoms with Crippen LogP contribution in [0.5, 0.6) is 0 Å². The van der Waals surface area contributed by atoms with Gasteiger partial charge in [-0.25, -0.2) is 0 Å². The van der Waals surface area contributed by atoms with E-state index in [-0.39, 0.29) is 0 Å². The van der Waals surface area contributed by atoms with Crippen molar-refractivity contribution in [2.24, 2.45) is 0 Å². The van der Waals surface area contributed by atoms with Crippen LogP contribution in [0.25, 0.3) is 0 Å². The first-order valence-electron chi connectivity index (χ1n) is 5.67. The molecule has 0 amide bonds. The van der Waals surface area contributed by atoms with Gasteiger partial charge in [-0.15, -0.1) is 11.3 Å². The van der Waals surface area contributed by atoms with Crippen molar-refractivity contribution in [2.75, 3.05) is 0 Å². The number of nitrogens with one attached hydrogen (secondary N) is 1. The van der Waals surface area contributed by atoms with E-state index in [2.05, 4.69) is 31.3 Å². The summed E-state index contributed by atoms with van der Waals surface area (Å²) in [4.78, 5) is 2.77. The van der Waals surface area contributed by atoms with Gasteiger partial charge in [-0.3, -0.25) is 0 Å². The third-order valence-electron chi connectivity index (χ3n) is 2.73. The number of benzene rings is 1. The van der Waals surface area contributed by atoms with E-state index in [1.807, 2.05) is 29.5 Å². The SMILES string of the molecule is Cc1cc(CNCc2ccccc2Cl)c(C)s1. The van der Waals surface area contributed by atoms with Crippen LogP contribution in [0.4, 0.5) is 0 Å². The summed E-state index contributed by atoms with van der Waals surface area (Å²) in [5, 5.41) is 4.27. The Balaban J connectivity index is 1.92. The van der Waals surface area contributed by atoms with Gasteiger partial charge < -0.3 is 5.32 Å². The van der Waals surface area contributed by atoms with Crippen LogP contribution in [0, 0.1) is 13.8 Å². The fourth-order valence-corrected chi connectivity index (χ4v) is 2.98. The molecular formula is C14H16ClNS. The molecule has 1 heterocycles. The number of halogens is 1. The molecule has 0 bridgehead atoms. The van der Waals surface area contributed by atoms with Gasteiger partial charge >= 0.3 is 0 Å². The average molecular weight is 266 g/mol. The second-order valence-electron chi connectivity index (χ2n) is 4.13. The summed E-state index contributed by atoms with van der Waals surface area (Å²) in [6.07, 6.45) is 0. The van der Waals surface area contributed by atoms with Crippen molar-refractivity contribution in [3.05, 3.63) is 56.2 Å². The van der Waals surface area contributed by atoms with Crippen LogP contribution in [0.2, 0.25) is 5.02 Å². The van der Waals surface area contributed by atoms with Crippen LogP contribution in [-0.4, -0.2) is 0 Å². The molecule has 0 aliphatic carbocycles. The molecule has 0 saturated carbocycles. The Morgan fingerprint density at radius 3 is 2.47 bits per heavy atom. The maximum Gasteiger partial charge on any atom is 0.0450 e. The second-order valence-corrected chi connectivity index (χ2v) is 6.00. The molecule has 0 fully saturated rings. The van der Waals surface area contributed by atoms with E-state index in [4.69, 9.17) is 11.6 Å². The normalized spacial score (nSPS) is 10.8. The highest BCUT2D eigenvalue weighted by molar-refractivity contribution is 7.12. The van der Waals surface area contributed by atoms with E-state index in [1.165, 1.54) is 15.3 Å². The van der Waals surface area contributed by atoms with Crippen molar-refractivity contribution in [1.82, 2.24) is 5.32 Å². The predicted molar refractivity (Wildman–Crippen MR) is 75.8 cm³/mol. The summed E-state index contributed by atoms with van der Waals surface area (Å²) in [5.74, 6) is 0. The van der Waals surface area contributed by atoms with Crippen molar-refractivity contribution >= 4 is 22.9 Å². The molecule has 90 valence electrons. The van der Waals surface area contributed by atoms with Gasteiger partial charge in [0, 0.05) is 27.9 Å². The number of aryl methyl sites for hydroxylation is 2. The molecule has 2 aromatic rings. The monoisotopic (exact) mass is 265 g/mol. The zero-order valence-corrected chi connectivity index (χ0v) is 11.7. The first-order chi connectivity index (χ1) is 8.16. The molecule has 1 aromatic heterocycles. The fraction of sp³-hybridized carbons (Fsp3) is 0.286. The van der Waals surface area contributed by atoms with E-state index in [0.29, 0.717) is 0 Å². The maximum absolute atomic E-state index is 6.10. The summed E-state index contributed by atoms with van der Waals surface area (Å²) in [6, 6.07) is 10.2. The topological polar surface area (TPSA) is 12.0 Å². The summed E-state index contributed by atoms with van der Waals surface area (Å²) in [7, 11) is 0. The van der Waals surface area contributed by atoms with Crippen LogP contribution in [0.1, 0.15) is 20.9 Å². The average Bonchev–Trinajstić information content (AvgIpc) is 2.60.